The summed E-state index contributed by atoms with van der Waals surface area (Å²) < 4.78 is 5.69. The first-order valence-electron chi connectivity index (χ1n) is 6.24. The van der Waals surface area contributed by atoms with Gasteiger partial charge < -0.3 is 9.72 Å². The van der Waals surface area contributed by atoms with Crippen LogP contribution in [0.4, 0.5) is 0 Å². The summed E-state index contributed by atoms with van der Waals surface area (Å²) in [6.45, 7) is 7.63. The van der Waals surface area contributed by atoms with Crippen molar-refractivity contribution in [2.75, 3.05) is 0 Å². The lowest BCUT2D eigenvalue weighted by molar-refractivity contribution is -0.116. The first kappa shape index (κ1) is 12.7. The second kappa shape index (κ2) is 4.84. The lowest BCUT2D eigenvalue weighted by Crippen LogP contribution is -2.05. The molecule has 0 atom stereocenters. The number of H-pyrrole nitrogens is 1. The van der Waals surface area contributed by atoms with Gasteiger partial charge in [0.2, 0.25) is 0 Å². The number of aromatic amines is 1. The Morgan fingerprint density at radius 2 is 2.11 bits per heavy atom. The maximum atomic E-state index is 11.3. The summed E-state index contributed by atoms with van der Waals surface area (Å²) in [7, 11) is 0. The largest absolute Gasteiger partial charge is 0.491 e. The van der Waals surface area contributed by atoms with Gasteiger partial charge in [0.05, 0.1) is 6.10 Å². The highest BCUT2D eigenvalue weighted by Crippen LogP contribution is 2.27. The van der Waals surface area contributed by atoms with Crippen molar-refractivity contribution in [2.45, 2.75) is 40.2 Å². The highest BCUT2D eigenvalue weighted by atomic mass is 16.5. The van der Waals surface area contributed by atoms with Crippen LogP contribution in [0.2, 0.25) is 0 Å². The zero-order chi connectivity index (χ0) is 13.3. The SMILES string of the molecule is CC(=O)Cc1c(C)[nH]c2ccc(OC(C)C)cc12. The summed E-state index contributed by atoms with van der Waals surface area (Å²) in [5.74, 6) is 1.02. The van der Waals surface area contributed by atoms with Crippen LogP contribution in [-0.4, -0.2) is 16.9 Å². The van der Waals surface area contributed by atoms with Crippen LogP contribution in [0.1, 0.15) is 32.0 Å². The van der Waals surface area contributed by atoms with Crippen LogP contribution < -0.4 is 4.74 Å². The summed E-state index contributed by atoms with van der Waals surface area (Å²) in [6.07, 6.45) is 0.621. The minimum absolute atomic E-state index is 0.152. The summed E-state index contributed by atoms with van der Waals surface area (Å²) >= 11 is 0. The molecule has 1 heterocycles. The van der Waals surface area contributed by atoms with E-state index in [-0.39, 0.29) is 11.9 Å². The number of nitrogens with one attached hydrogen (secondary N) is 1. The quantitative estimate of drug-likeness (QED) is 0.897. The van der Waals surface area contributed by atoms with Gasteiger partial charge in [0.1, 0.15) is 11.5 Å². The van der Waals surface area contributed by atoms with Crippen LogP contribution in [0, 0.1) is 6.92 Å². The third-order valence-corrected chi connectivity index (χ3v) is 2.89. The average molecular weight is 245 g/mol. The fraction of sp³-hybridized carbons (Fsp3) is 0.400. The van der Waals surface area contributed by atoms with E-state index in [4.69, 9.17) is 4.74 Å². The van der Waals surface area contributed by atoms with Crippen molar-refractivity contribution in [3.63, 3.8) is 0 Å². The molecule has 1 aromatic heterocycles. The zero-order valence-electron chi connectivity index (χ0n) is 11.3. The molecule has 1 N–H and O–H groups in total. The average Bonchev–Trinajstić information content (AvgIpc) is 2.54. The van der Waals surface area contributed by atoms with Crippen molar-refractivity contribution in [3.8, 4) is 5.75 Å². The molecular weight excluding hydrogens is 226 g/mol. The van der Waals surface area contributed by atoms with E-state index in [1.165, 1.54) is 0 Å². The van der Waals surface area contributed by atoms with Crippen LogP contribution in [0.15, 0.2) is 18.2 Å². The molecule has 2 rings (SSSR count). The van der Waals surface area contributed by atoms with E-state index in [9.17, 15) is 4.79 Å². The summed E-state index contributed by atoms with van der Waals surface area (Å²) in [5, 5.41) is 1.08. The van der Waals surface area contributed by atoms with Gasteiger partial charge in [-0.1, -0.05) is 0 Å². The number of hydrogen-bond donors (Lipinski definition) is 1. The smallest absolute Gasteiger partial charge is 0.134 e. The molecule has 0 aliphatic heterocycles. The number of ether oxygens (including phenoxy) is 1. The third-order valence-electron chi connectivity index (χ3n) is 2.89. The van der Waals surface area contributed by atoms with E-state index in [1.54, 1.807) is 6.92 Å². The van der Waals surface area contributed by atoms with Crippen LogP contribution in [0.25, 0.3) is 10.9 Å². The predicted octanol–water partition coefficient (Wildman–Crippen LogP) is 3.40. The molecule has 0 aliphatic carbocycles. The number of Topliss-reactive ketones (excluding diaryl/α,β-unsaturated/α-hetero) is 1. The minimum atomic E-state index is 0.152. The number of aryl methyl sites for hydroxylation is 1. The van der Waals surface area contributed by atoms with Gasteiger partial charge in [-0.2, -0.15) is 0 Å². The van der Waals surface area contributed by atoms with E-state index < -0.39 is 0 Å². The molecule has 0 unspecified atom stereocenters. The predicted molar refractivity (Wildman–Crippen MR) is 73.2 cm³/mol. The highest BCUT2D eigenvalue weighted by molar-refractivity contribution is 5.90. The number of hydrogen-bond acceptors (Lipinski definition) is 2. The van der Waals surface area contributed by atoms with Gasteiger partial charge in [0, 0.05) is 23.0 Å². The number of ketones is 1. The van der Waals surface area contributed by atoms with Crippen molar-refractivity contribution in [1.82, 2.24) is 4.98 Å². The fourth-order valence-electron chi connectivity index (χ4n) is 2.18. The normalized spacial score (nSPS) is 11.2. The zero-order valence-corrected chi connectivity index (χ0v) is 11.3. The van der Waals surface area contributed by atoms with Gasteiger partial charge in [0.25, 0.3) is 0 Å². The number of rotatable bonds is 4. The molecule has 0 spiro atoms. The minimum Gasteiger partial charge on any atom is -0.491 e. The Labute approximate surface area is 107 Å². The molecule has 3 heteroatoms. The lowest BCUT2D eigenvalue weighted by atomic mass is 10.1. The second-order valence-corrected chi connectivity index (χ2v) is 4.98. The van der Waals surface area contributed by atoms with E-state index >= 15 is 0 Å². The Morgan fingerprint density at radius 3 is 2.72 bits per heavy atom. The first-order chi connectivity index (χ1) is 8.47. The van der Waals surface area contributed by atoms with Crippen LogP contribution in [-0.2, 0) is 11.2 Å². The van der Waals surface area contributed by atoms with Crippen molar-refractivity contribution < 1.29 is 9.53 Å². The van der Waals surface area contributed by atoms with Gasteiger partial charge in [-0.3, -0.25) is 4.79 Å². The number of fused-ring (bicyclic) bond motifs is 1. The molecule has 18 heavy (non-hydrogen) atoms. The Balaban J connectivity index is 2.48. The Morgan fingerprint density at radius 1 is 1.39 bits per heavy atom. The summed E-state index contributed by atoms with van der Waals surface area (Å²) in [4.78, 5) is 14.6. The monoisotopic (exact) mass is 245 g/mol. The van der Waals surface area contributed by atoms with E-state index in [1.807, 2.05) is 39.0 Å². The van der Waals surface area contributed by atoms with Crippen molar-refractivity contribution in [3.05, 3.63) is 29.5 Å². The Hall–Kier alpha value is -1.77. The second-order valence-electron chi connectivity index (χ2n) is 4.98. The van der Waals surface area contributed by atoms with Crippen LogP contribution in [0.5, 0.6) is 5.75 Å². The molecule has 2 aromatic rings. The van der Waals surface area contributed by atoms with E-state index in [2.05, 4.69) is 4.98 Å². The first-order valence-corrected chi connectivity index (χ1v) is 6.24. The summed E-state index contributed by atoms with van der Waals surface area (Å²) in [5.41, 5.74) is 3.19. The third kappa shape index (κ3) is 2.55. The molecule has 0 saturated heterocycles. The molecule has 0 fully saturated rings. The maximum Gasteiger partial charge on any atom is 0.134 e. The van der Waals surface area contributed by atoms with Crippen LogP contribution in [0.3, 0.4) is 0 Å². The molecular formula is C15H19NO2. The van der Waals surface area contributed by atoms with Gasteiger partial charge in [-0.05, 0) is 51.5 Å². The van der Waals surface area contributed by atoms with Gasteiger partial charge in [-0.25, -0.2) is 0 Å². The Kier molecular flexibility index (Phi) is 3.41. The maximum absolute atomic E-state index is 11.3. The fourth-order valence-corrected chi connectivity index (χ4v) is 2.18. The Bertz CT molecular complexity index is 581. The number of benzene rings is 1. The molecule has 0 bridgehead atoms. The van der Waals surface area contributed by atoms with Crippen molar-refractivity contribution in [2.24, 2.45) is 0 Å². The molecule has 0 amide bonds. The highest BCUT2D eigenvalue weighted by Gasteiger charge is 2.11. The standard InChI is InChI=1S/C15H19NO2/c1-9(2)18-12-5-6-15-14(8-12)13(7-10(3)17)11(4)16-15/h5-6,8-9,16H,7H2,1-4H3. The molecule has 0 saturated carbocycles. The lowest BCUT2D eigenvalue weighted by Gasteiger charge is -2.09. The molecule has 0 aliphatic rings. The molecule has 96 valence electrons. The van der Waals surface area contributed by atoms with Gasteiger partial charge in [0.15, 0.2) is 0 Å². The molecule has 0 radical (unpaired) electrons. The van der Waals surface area contributed by atoms with Gasteiger partial charge >= 0.3 is 0 Å². The van der Waals surface area contributed by atoms with Crippen molar-refractivity contribution >= 4 is 16.7 Å². The van der Waals surface area contributed by atoms with E-state index in [0.29, 0.717) is 6.42 Å². The summed E-state index contributed by atoms with van der Waals surface area (Å²) in [6, 6.07) is 5.97. The van der Waals surface area contributed by atoms with Crippen LogP contribution >= 0.6 is 0 Å². The number of aromatic nitrogens is 1. The van der Waals surface area contributed by atoms with Crippen molar-refractivity contribution in [1.29, 1.82) is 0 Å². The van der Waals surface area contributed by atoms with E-state index in [0.717, 1.165) is 27.9 Å². The van der Waals surface area contributed by atoms with Gasteiger partial charge in [-0.15, -0.1) is 0 Å². The topological polar surface area (TPSA) is 42.1 Å². The number of carbonyl (C=O) groups is 1. The molecule has 3 nitrogen and oxygen atoms in total. The number of carbonyl (C=O) groups excluding carboxylic acids is 1. The molecule has 1 aromatic carbocycles.